The molecule has 0 aliphatic carbocycles. The van der Waals surface area contributed by atoms with Crippen LogP contribution in [0.2, 0.25) is 0 Å². The number of methoxy groups -OCH3 is 1. The quantitative estimate of drug-likeness (QED) is 0.662. The minimum absolute atomic E-state index is 0.0864. The highest BCUT2D eigenvalue weighted by Crippen LogP contribution is 2.02. The molecule has 4 heteroatoms. The molecule has 1 amide bonds. The number of benzene rings is 1. The fraction of sp³-hybridized carbons (Fsp3) is 0.562. The van der Waals surface area contributed by atoms with Crippen molar-refractivity contribution in [2.24, 2.45) is 0 Å². The van der Waals surface area contributed by atoms with Crippen molar-refractivity contribution in [3.05, 3.63) is 35.9 Å². The molecule has 0 saturated heterocycles. The Morgan fingerprint density at radius 3 is 2.70 bits per heavy atom. The topological polar surface area (TPSA) is 41.6 Å². The monoisotopic (exact) mass is 278 g/mol. The fourth-order valence-corrected chi connectivity index (χ4v) is 2.02. The van der Waals surface area contributed by atoms with E-state index in [-0.39, 0.29) is 5.91 Å². The third-order valence-electron chi connectivity index (χ3n) is 3.11. The Morgan fingerprint density at radius 2 is 2.00 bits per heavy atom. The fourth-order valence-electron chi connectivity index (χ4n) is 2.02. The number of nitrogens with one attached hydrogen (secondary N) is 1. The summed E-state index contributed by atoms with van der Waals surface area (Å²) in [7, 11) is 3.65. The normalized spacial score (nSPS) is 10.8. The molecule has 0 fully saturated rings. The van der Waals surface area contributed by atoms with Crippen LogP contribution in [0.25, 0.3) is 0 Å². The van der Waals surface area contributed by atoms with Gasteiger partial charge in [0.25, 0.3) is 0 Å². The summed E-state index contributed by atoms with van der Waals surface area (Å²) in [5.41, 5.74) is 1.35. The molecule has 112 valence electrons. The number of hydrogen-bond acceptors (Lipinski definition) is 3. The van der Waals surface area contributed by atoms with E-state index in [0.717, 1.165) is 25.8 Å². The molecule has 0 spiro atoms. The van der Waals surface area contributed by atoms with Gasteiger partial charge in [-0.05, 0) is 38.4 Å². The SMILES string of the molecule is COCCCNC(=O)CN(C)CCCc1ccccc1. The second-order valence-electron chi connectivity index (χ2n) is 5.02. The Balaban J connectivity index is 2.07. The van der Waals surface area contributed by atoms with E-state index in [4.69, 9.17) is 4.74 Å². The van der Waals surface area contributed by atoms with Gasteiger partial charge in [-0.15, -0.1) is 0 Å². The zero-order valence-electron chi connectivity index (χ0n) is 12.6. The molecule has 0 unspecified atom stereocenters. The number of carbonyl (C=O) groups is 1. The zero-order chi connectivity index (χ0) is 14.6. The van der Waals surface area contributed by atoms with Gasteiger partial charge in [0, 0.05) is 20.3 Å². The van der Waals surface area contributed by atoms with Crippen LogP contribution < -0.4 is 5.32 Å². The van der Waals surface area contributed by atoms with Crippen molar-refractivity contribution in [2.45, 2.75) is 19.3 Å². The predicted molar refractivity (Wildman–Crippen MR) is 81.8 cm³/mol. The highest BCUT2D eigenvalue weighted by atomic mass is 16.5. The highest BCUT2D eigenvalue weighted by molar-refractivity contribution is 5.77. The van der Waals surface area contributed by atoms with E-state index in [1.165, 1.54) is 5.56 Å². The van der Waals surface area contributed by atoms with Crippen LogP contribution in [0.15, 0.2) is 30.3 Å². The molecule has 0 aliphatic heterocycles. The van der Waals surface area contributed by atoms with Gasteiger partial charge >= 0.3 is 0 Å². The maximum atomic E-state index is 11.7. The molecule has 0 saturated carbocycles. The van der Waals surface area contributed by atoms with Gasteiger partial charge in [-0.2, -0.15) is 0 Å². The van der Waals surface area contributed by atoms with E-state index in [1.54, 1.807) is 7.11 Å². The molecule has 0 aromatic heterocycles. The number of rotatable bonds is 10. The highest BCUT2D eigenvalue weighted by Gasteiger charge is 2.05. The maximum Gasteiger partial charge on any atom is 0.234 e. The van der Waals surface area contributed by atoms with Gasteiger partial charge in [0.1, 0.15) is 0 Å². The molecule has 0 heterocycles. The number of likely N-dealkylation sites (N-methyl/N-ethyl adjacent to an activating group) is 1. The average molecular weight is 278 g/mol. The molecule has 0 bridgehead atoms. The molecule has 1 aromatic rings. The molecule has 20 heavy (non-hydrogen) atoms. The Bertz CT molecular complexity index is 368. The first-order chi connectivity index (χ1) is 9.72. The van der Waals surface area contributed by atoms with Crippen LogP contribution in [0.1, 0.15) is 18.4 Å². The van der Waals surface area contributed by atoms with Crippen LogP contribution in [-0.4, -0.2) is 51.2 Å². The van der Waals surface area contributed by atoms with Gasteiger partial charge in [-0.1, -0.05) is 30.3 Å². The number of hydrogen-bond donors (Lipinski definition) is 1. The predicted octanol–water partition coefficient (Wildman–Crippen LogP) is 1.70. The number of ether oxygens (including phenoxy) is 1. The van der Waals surface area contributed by atoms with Crippen molar-refractivity contribution in [3.8, 4) is 0 Å². The lowest BCUT2D eigenvalue weighted by Gasteiger charge is -2.16. The van der Waals surface area contributed by atoms with Crippen LogP contribution in [0, 0.1) is 0 Å². The Labute approximate surface area is 122 Å². The number of aryl methyl sites for hydroxylation is 1. The molecule has 4 nitrogen and oxygen atoms in total. The van der Waals surface area contributed by atoms with Crippen LogP contribution in [0.3, 0.4) is 0 Å². The third-order valence-corrected chi connectivity index (χ3v) is 3.11. The first-order valence-electron chi connectivity index (χ1n) is 7.20. The van der Waals surface area contributed by atoms with Gasteiger partial charge in [0.15, 0.2) is 0 Å². The summed E-state index contributed by atoms with van der Waals surface area (Å²) >= 11 is 0. The third kappa shape index (κ3) is 7.92. The Kier molecular flexibility index (Phi) is 8.67. The number of amides is 1. The summed E-state index contributed by atoms with van der Waals surface area (Å²) in [6.07, 6.45) is 2.98. The summed E-state index contributed by atoms with van der Waals surface area (Å²) in [6.45, 7) is 2.76. The van der Waals surface area contributed by atoms with Crippen molar-refractivity contribution in [1.29, 1.82) is 0 Å². The Morgan fingerprint density at radius 1 is 1.25 bits per heavy atom. The van der Waals surface area contributed by atoms with Gasteiger partial charge in [0.05, 0.1) is 6.54 Å². The van der Waals surface area contributed by atoms with Crippen molar-refractivity contribution in [2.75, 3.05) is 40.4 Å². The molecule has 1 rings (SSSR count). The smallest absolute Gasteiger partial charge is 0.234 e. The lowest BCUT2D eigenvalue weighted by molar-refractivity contribution is -0.122. The summed E-state index contributed by atoms with van der Waals surface area (Å²) < 4.78 is 4.94. The van der Waals surface area contributed by atoms with Gasteiger partial charge in [-0.25, -0.2) is 0 Å². The zero-order valence-corrected chi connectivity index (χ0v) is 12.6. The van der Waals surface area contributed by atoms with Crippen LogP contribution in [-0.2, 0) is 16.0 Å². The second-order valence-corrected chi connectivity index (χ2v) is 5.02. The van der Waals surface area contributed by atoms with E-state index >= 15 is 0 Å². The van der Waals surface area contributed by atoms with Crippen molar-refractivity contribution in [3.63, 3.8) is 0 Å². The van der Waals surface area contributed by atoms with Crippen LogP contribution >= 0.6 is 0 Å². The van der Waals surface area contributed by atoms with Crippen molar-refractivity contribution >= 4 is 5.91 Å². The molecule has 1 aromatic carbocycles. The average Bonchev–Trinajstić information content (AvgIpc) is 2.45. The van der Waals surface area contributed by atoms with Gasteiger partial charge in [0.2, 0.25) is 5.91 Å². The van der Waals surface area contributed by atoms with E-state index in [9.17, 15) is 4.79 Å². The van der Waals surface area contributed by atoms with Crippen molar-refractivity contribution in [1.82, 2.24) is 10.2 Å². The van der Waals surface area contributed by atoms with E-state index in [1.807, 2.05) is 13.1 Å². The number of nitrogens with zero attached hydrogens (tertiary/aromatic N) is 1. The minimum atomic E-state index is 0.0864. The van der Waals surface area contributed by atoms with Gasteiger partial charge in [-0.3, -0.25) is 9.69 Å². The van der Waals surface area contributed by atoms with Crippen LogP contribution in [0.5, 0.6) is 0 Å². The largest absolute Gasteiger partial charge is 0.385 e. The molecular weight excluding hydrogens is 252 g/mol. The van der Waals surface area contributed by atoms with E-state index < -0.39 is 0 Å². The van der Waals surface area contributed by atoms with Gasteiger partial charge < -0.3 is 10.1 Å². The summed E-state index contributed by atoms with van der Waals surface area (Å²) in [4.78, 5) is 13.7. The Hall–Kier alpha value is -1.39. The molecule has 0 aliphatic rings. The second kappa shape index (κ2) is 10.4. The minimum Gasteiger partial charge on any atom is -0.385 e. The molecular formula is C16H26N2O2. The lowest BCUT2D eigenvalue weighted by Crippen LogP contribution is -2.36. The maximum absolute atomic E-state index is 11.7. The molecule has 0 radical (unpaired) electrons. The molecule has 0 atom stereocenters. The first-order valence-corrected chi connectivity index (χ1v) is 7.20. The lowest BCUT2D eigenvalue weighted by atomic mass is 10.1. The first kappa shape index (κ1) is 16.7. The standard InChI is InChI=1S/C16H26N2O2/c1-18(14-16(19)17-11-7-13-20-2)12-6-10-15-8-4-3-5-9-15/h3-5,8-9H,6-7,10-14H2,1-2H3,(H,17,19). The summed E-state index contributed by atoms with van der Waals surface area (Å²) in [5, 5.41) is 2.90. The molecule has 1 N–H and O–H groups in total. The van der Waals surface area contributed by atoms with Crippen LogP contribution in [0.4, 0.5) is 0 Å². The van der Waals surface area contributed by atoms with Crippen molar-refractivity contribution < 1.29 is 9.53 Å². The summed E-state index contributed by atoms with van der Waals surface area (Å²) in [6, 6.07) is 10.4. The van der Waals surface area contributed by atoms with E-state index in [0.29, 0.717) is 19.7 Å². The summed E-state index contributed by atoms with van der Waals surface area (Å²) in [5.74, 6) is 0.0864. The van der Waals surface area contributed by atoms with E-state index in [2.05, 4.69) is 34.5 Å². The number of carbonyl (C=O) groups excluding carboxylic acids is 1.